The lowest BCUT2D eigenvalue weighted by Crippen LogP contribution is -1.94. The predicted octanol–water partition coefficient (Wildman–Crippen LogP) is 2.59. The van der Waals surface area contributed by atoms with Crippen molar-refractivity contribution < 1.29 is 14.0 Å². The number of halogens is 1. The van der Waals surface area contributed by atoms with Crippen molar-refractivity contribution in [3.8, 4) is 22.8 Å². The second-order valence-electron chi connectivity index (χ2n) is 3.28. The molecule has 0 fully saturated rings. The quantitative estimate of drug-likeness (QED) is 0.912. The minimum atomic E-state index is 0.232. The van der Waals surface area contributed by atoms with Gasteiger partial charge in [-0.3, -0.25) is 0 Å². The number of hydrogen-bond acceptors (Lipinski definition) is 5. The van der Waals surface area contributed by atoms with E-state index in [1.54, 1.807) is 18.2 Å². The molecule has 17 heavy (non-hydrogen) atoms. The molecule has 6 heteroatoms. The van der Waals surface area contributed by atoms with Crippen LogP contribution in [0.2, 0.25) is 5.02 Å². The summed E-state index contributed by atoms with van der Waals surface area (Å²) >= 11 is 6.00. The van der Waals surface area contributed by atoms with Gasteiger partial charge in [-0.05, 0) is 12.1 Å². The van der Waals surface area contributed by atoms with Crippen molar-refractivity contribution in [2.24, 2.45) is 0 Å². The van der Waals surface area contributed by atoms with Crippen molar-refractivity contribution in [3.05, 3.63) is 23.2 Å². The monoisotopic (exact) mass is 254 g/mol. The maximum absolute atomic E-state index is 6.00. The number of nitrogens with zero attached hydrogens (tertiary/aromatic N) is 1. The molecule has 2 N–H and O–H groups in total. The van der Waals surface area contributed by atoms with Gasteiger partial charge in [-0.15, -0.1) is 0 Å². The van der Waals surface area contributed by atoms with E-state index in [0.717, 1.165) is 0 Å². The molecule has 0 aliphatic rings. The summed E-state index contributed by atoms with van der Waals surface area (Å²) in [6.07, 6.45) is 0. The van der Waals surface area contributed by atoms with Crippen LogP contribution in [0.5, 0.6) is 11.5 Å². The molecule has 0 unspecified atom stereocenters. The first-order valence-corrected chi connectivity index (χ1v) is 5.18. The fraction of sp³-hybridized carbons (Fsp3) is 0.182. The second kappa shape index (κ2) is 4.55. The smallest absolute Gasteiger partial charge is 0.222 e. The summed E-state index contributed by atoms with van der Waals surface area (Å²) in [5.41, 5.74) is 6.75. The van der Waals surface area contributed by atoms with Crippen molar-refractivity contribution >= 4 is 17.5 Å². The van der Waals surface area contributed by atoms with E-state index in [1.807, 2.05) is 0 Å². The van der Waals surface area contributed by atoms with Gasteiger partial charge in [0.1, 0.15) is 5.69 Å². The average molecular weight is 255 g/mol. The normalized spacial score (nSPS) is 10.3. The van der Waals surface area contributed by atoms with E-state index in [4.69, 9.17) is 31.3 Å². The number of anilines is 1. The fourth-order valence-corrected chi connectivity index (χ4v) is 1.78. The lowest BCUT2D eigenvalue weighted by Gasteiger charge is -2.12. The molecule has 90 valence electrons. The Morgan fingerprint density at radius 1 is 1.24 bits per heavy atom. The van der Waals surface area contributed by atoms with Gasteiger partial charge in [0.2, 0.25) is 5.88 Å². The third-order valence-electron chi connectivity index (χ3n) is 2.28. The van der Waals surface area contributed by atoms with Crippen molar-refractivity contribution in [2.75, 3.05) is 20.0 Å². The summed E-state index contributed by atoms with van der Waals surface area (Å²) in [5, 5.41) is 4.28. The molecule has 5 nitrogen and oxygen atoms in total. The number of rotatable bonds is 3. The highest BCUT2D eigenvalue weighted by Crippen LogP contribution is 2.42. The number of hydrogen-bond donors (Lipinski definition) is 1. The maximum atomic E-state index is 6.00. The van der Waals surface area contributed by atoms with Crippen LogP contribution in [0.4, 0.5) is 5.88 Å². The molecule has 2 aromatic rings. The first-order chi connectivity index (χ1) is 8.17. The second-order valence-corrected chi connectivity index (χ2v) is 3.68. The van der Waals surface area contributed by atoms with Crippen LogP contribution in [-0.4, -0.2) is 19.4 Å². The summed E-state index contributed by atoms with van der Waals surface area (Å²) in [6.45, 7) is 0. The zero-order chi connectivity index (χ0) is 12.4. The minimum Gasteiger partial charge on any atom is -0.492 e. The number of aromatic nitrogens is 1. The molecule has 0 aliphatic carbocycles. The number of benzene rings is 1. The molecule has 1 aromatic carbocycles. The Morgan fingerprint density at radius 3 is 2.47 bits per heavy atom. The first kappa shape index (κ1) is 11.6. The molecule has 0 saturated heterocycles. The van der Waals surface area contributed by atoms with Crippen molar-refractivity contribution in [2.45, 2.75) is 0 Å². The van der Waals surface area contributed by atoms with Crippen LogP contribution < -0.4 is 15.2 Å². The van der Waals surface area contributed by atoms with Crippen LogP contribution in [0.25, 0.3) is 11.3 Å². The number of methoxy groups -OCH3 is 2. The largest absolute Gasteiger partial charge is 0.492 e. The zero-order valence-corrected chi connectivity index (χ0v) is 10.1. The van der Waals surface area contributed by atoms with Crippen LogP contribution in [0.15, 0.2) is 22.7 Å². The predicted molar refractivity (Wildman–Crippen MR) is 64.5 cm³/mol. The Labute approximate surface area is 103 Å². The van der Waals surface area contributed by atoms with E-state index in [2.05, 4.69) is 5.16 Å². The minimum absolute atomic E-state index is 0.232. The van der Waals surface area contributed by atoms with Crippen LogP contribution in [0, 0.1) is 0 Å². The zero-order valence-electron chi connectivity index (χ0n) is 9.36. The molecule has 2 rings (SSSR count). The molecule has 0 aliphatic heterocycles. The van der Waals surface area contributed by atoms with Gasteiger partial charge in [-0.1, -0.05) is 16.8 Å². The van der Waals surface area contributed by atoms with E-state index in [9.17, 15) is 0 Å². The van der Waals surface area contributed by atoms with Gasteiger partial charge >= 0.3 is 0 Å². The molecule has 0 atom stereocenters. The molecule has 0 spiro atoms. The van der Waals surface area contributed by atoms with Gasteiger partial charge < -0.3 is 19.7 Å². The standard InChI is InChI=1S/C11H11ClN2O3/c1-15-10-6(8-5-9(13)17-14-8)3-4-7(12)11(10)16-2/h3-5H,13H2,1-2H3. The van der Waals surface area contributed by atoms with E-state index in [-0.39, 0.29) is 5.88 Å². The maximum Gasteiger partial charge on any atom is 0.222 e. The van der Waals surface area contributed by atoms with Crippen LogP contribution in [0.3, 0.4) is 0 Å². The molecule has 1 aromatic heterocycles. The Balaban J connectivity index is 2.62. The highest BCUT2D eigenvalue weighted by molar-refractivity contribution is 6.32. The van der Waals surface area contributed by atoms with Crippen LogP contribution in [-0.2, 0) is 0 Å². The van der Waals surface area contributed by atoms with Gasteiger partial charge in [-0.25, -0.2) is 0 Å². The van der Waals surface area contributed by atoms with Gasteiger partial charge in [-0.2, -0.15) is 0 Å². The molecule has 0 radical (unpaired) electrons. The topological polar surface area (TPSA) is 70.5 Å². The van der Waals surface area contributed by atoms with E-state index in [1.165, 1.54) is 14.2 Å². The molecule has 0 bridgehead atoms. The summed E-state index contributed by atoms with van der Waals surface area (Å²) < 4.78 is 15.3. The van der Waals surface area contributed by atoms with E-state index in [0.29, 0.717) is 27.8 Å². The number of nitrogens with two attached hydrogens (primary N) is 1. The summed E-state index contributed by atoms with van der Waals surface area (Å²) in [5.74, 6) is 1.18. The summed E-state index contributed by atoms with van der Waals surface area (Å²) in [4.78, 5) is 0. The van der Waals surface area contributed by atoms with Crippen molar-refractivity contribution in [3.63, 3.8) is 0 Å². The SMILES string of the molecule is COc1c(Cl)ccc(-c2cc(N)on2)c1OC. The third kappa shape index (κ3) is 2.01. The van der Waals surface area contributed by atoms with E-state index < -0.39 is 0 Å². The van der Waals surface area contributed by atoms with Gasteiger partial charge in [0.15, 0.2) is 11.5 Å². The highest BCUT2D eigenvalue weighted by Gasteiger charge is 2.17. The van der Waals surface area contributed by atoms with Gasteiger partial charge in [0, 0.05) is 11.6 Å². The summed E-state index contributed by atoms with van der Waals surface area (Å²) in [6, 6.07) is 5.06. The lowest BCUT2D eigenvalue weighted by atomic mass is 10.1. The Kier molecular flexibility index (Phi) is 3.10. The summed E-state index contributed by atoms with van der Waals surface area (Å²) in [7, 11) is 3.05. The molecule has 0 amide bonds. The van der Waals surface area contributed by atoms with Gasteiger partial charge in [0.05, 0.1) is 19.2 Å². The van der Waals surface area contributed by atoms with Crippen LogP contribution >= 0.6 is 11.6 Å². The lowest BCUT2D eigenvalue weighted by molar-refractivity contribution is 0.356. The molecule has 1 heterocycles. The molecular weight excluding hydrogens is 244 g/mol. The molecular formula is C11H11ClN2O3. The first-order valence-electron chi connectivity index (χ1n) is 4.80. The molecule has 0 saturated carbocycles. The fourth-order valence-electron chi connectivity index (χ4n) is 1.55. The Morgan fingerprint density at radius 2 is 1.94 bits per heavy atom. The Bertz CT molecular complexity index is 540. The van der Waals surface area contributed by atoms with Gasteiger partial charge in [0.25, 0.3) is 0 Å². The number of nitrogen functional groups attached to an aromatic ring is 1. The average Bonchev–Trinajstić information content (AvgIpc) is 2.75. The Hall–Kier alpha value is -1.88. The van der Waals surface area contributed by atoms with Crippen LogP contribution in [0.1, 0.15) is 0 Å². The highest BCUT2D eigenvalue weighted by atomic mass is 35.5. The van der Waals surface area contributed by atoms with Crippen molar-refractivity contribution in [1.82, 2.24) is 5.16 Å². The van der Waals surface area contributed by atoms with E-state index >= 15 is 0 Å². The third-order valence-corrected chi connectivity index (χ3v) is 2.57. The number of ether oxygens (including phenoxy) is 2. The van der Waals surface area contributed by atoms with Crippen molar-refractivity contribution in [1.29, 1.82) is 0 Å².